The minimum absolute atomic E-state index is 0.0117. The monoisotopic (exact) mass is 425 g/mol. The quantitative estimate of drug-likeness (QED) is 0.399. The lowest BCUT2D eigenvalue weighted by Crippen LogP contribution is -2.26. The van der Waals surface area contributed by atoms with E-state index in [9.17, 15) is 14.4 Å². The van der Waals surface area contributed by atoms with Crippen molar-refractivity contribution in [1.29, 1.82) is 0 Å². The Balaban J connectivity index is 1.79. The smallest absolute Gasteiger partial charge is 0.436 e. The van der Waals surface area contributed by atoms with Crippen molar-refractivity contribution in [3.63, 3.8) is 0 Å². The molecule has 0 bridgehead atoms. The van der Waals surface area contributed by atoms with Gasteiger partial charge < -0.3 is 20.5 Å². The zero-order valence-electron chi connectivity index (χ0n) is 17.9. The summed E-state index contributed by atoms with van der Waals surface area (Å²) in [5.74, 6) is -0.752. The van der Waals surface area contributed by atoms with E-state index < -0.39 is 17.7 Å². The summed E-state index contributed by atoms with van der Waals surface area (Å²) in [5, 5.41) is 2.66. The van der Waals surface area contributed by atoms with Gasteiger partial charge in [0.2, 0.25) is 0 Å². The van der Waals surface area contributed by atoms with Gasteiger partial charge in [0.15, 0.2) is 0 Å². The Bertz CT molecular complexity index is 932. The SMILES string of the molecule is CC(C)(C)OC(=O)N=C(N)c1ccc(C(=O)NCCC(=O)OCc2ccccc2)cc1. The van der Waals surface area contributed by atoms with Gasteiger partial charge in [0.05, 0.1) is 6.42 Å². The number of amidine groups is 1. The summed E-state index contributed by atoms with van der Waals surface area (Å²) in [4.78, 5) is 39.4. The van der Waals surface area contributed by atoms with E-state index in [-0.39, 0.29) is 31.3 Å². The van der Waals surface area contributed by atoms with Crippen molar-refractivity contribution in [3.8, 4) is 0 Å². The van der Waals surface area contributed by atoms with Gasteiger partial charge in [0, 0.05) is 17.7 Å². The van der Waals surface area contributed by atoms with Crippen LogP contribution >= 0.6 is 0 Å². The first kappa shape index (κ1) is 23.6. The van der Waals surface area contributed by atoms with Gasteiger partial charge in [0.25, 0.3) is 5.91 Å². The van der Waals surface area contributed by atoms with Crippen molar-refractivity contribution in [2.75, 3.05) is 6.54 Å². The summed E-state index contributed by atoms with van der Waals surface area (Å²) < 4.78 is 10.3. The van der Waals surface area contributed by atoms with Crippen LogP contribution in [0.4, 0.5) is 4.79 Å². The lowest BCUT2D eigenvalue weighted by atomic mass is 10.1. The highest BCUT2D eigenvalue weighted by atomic mass is 16.6. The van der Waals surface area contributed by atoms with Crippen LogP contribution in [0.25, 0.3) is 0 Å². The number of hydrogen-bond donors (Lipinski definition) is 2. The van der Waals surface area contributed by atoms with Crippen LogP contribution in [0.1, 0.15) is 48.7 Å². The normalized spacial score (nSPS) is 11.5. The lowest BCUT2D eigenvalue weighted by molar-refractivity contribution is -0.144. The highest BCUT2D eigenvalue weighted by Gasteiger charge is 2.16. The molecule has 31 heavy (non-hydrogen) atoms. The molecule has 0 unspecified atom stereocenters. The van der Waals surface area contributed by atoms with E-state index in [1.54, 1.807) is 45.0 Å². The molecule has 2 amide bonds. The first-order chi connectivity index (χ1) is 14.6. The van der Waals surface area contributed by atoms with Crippen molar-refractivity contribution >= 4 is 23.8 Å². The molecule has 0 aliphatic heterocycles. The number of nitrogens with zero attached hydrogens (tertiary/aromatic N) is 1. The van der Waals surface area contributed by atoms with Crippen LogP contribution in [0.5, 0.6) is 0 Å². The topological polar surface area (TPSA) is 120 Å². The first-order valence-electron chi connectivity index (χ1n) is 9.79. The molecular formula is C23H27N3O5. The van der Waals surface area contributed by atoms with Crippen LogP contribution in [0.2, 0.25) is 0 Å². The molecule has 2 rings (SSSR count). The van der Waals surface area contributed by atoms with Gasteiger partial charge in [-0.05, 0) is 38.5 Å². The molecular weight excluding hydrogens is 398 g/mol. The molecule has 0 aliphatic rings. The molecule has 2 aromatic carbocycles. The van der Waals surface area contributed by atoms with Gasteiger partial charge in [-0.25, -0.2) is 4.79 Å². The summed E-state index contributed by atoms with van der Waals surface area (Å²) >= 11 is 0. The third-order valence-corrected chi connectivity index (χ3v) is 3.91. The highest BCUT2D eigenvalue weighted by molar-refractivity contribution is 6.03. The fourth-order valence-electron chi connectivity index (χ4n) is 2.43. The number of rotatable bonds is 7. The first-order valence-corrected chi connectivity index (χ1v) is 9.79. The van der Waals surface area contributed by atoms with E-state index in [0.29, 0.717) is 11.1 Å². The van der Waals surface area contributed by atoms with E-state index in [1.807, 2.05) is 30.3 Å². The van der Waals surface area contributed by atoms with Crippen LogP contribution in [0.3, 0.4) is 0 Å². The molecule has 8 nitrogen and oxygen atoms in total. The molecule has 164 valence electrons. The molecule has 0 saturated heterocycles. The second-order valence-electron chi connectivity index (χ2n) is 7.71. The number of benzene rings is 2. The van der Waals surface area contributed by atoms with Crippen LogP contribution in [-0.2, 0) is 20.9 Å². The maximum atomic E-state index is 12.2. The van der Waals surface area contributed by atoms with Gasteiger partial charge in [-0.15, -0.1) is 0 Å². The van der Waals surface area contributed by atoms with E-state index >= 15 is 0 Å². The number of ether oxygens (including phenoxy) is 2. The number of carbonyl (C=O) groups excluding carboxylic acids is 3. The Hall–Kier alpha value is -3.68. The van der Waals surface area contributed by atoms with Crippen molar-refractivity contribution < 1.29 is 23.9 Å². The average Bonchev–Trinajstić information content (AvgIpc) is 2.71. The highest BCUT2D eigenvalue weighted by Crippen LogP contribution is 2.09. The Morgan fingerprint density at radius 3 is 2.19 bits per heavy atom. The minimum atomic E-state index is -0.786. The largest absolute Gasteiger partial charge is 0.461 e. The van der Waals surface area contributed by atoms with Crippen molar-refractivity contribution in [1.82, 2.24) is 5.32 Å². The van der Waals surface area contributed by atoms with Crippen LogP contribution in [-0.4, -0.2) is 36.0 Å². The zero-order valence-corrected chi connectivity index (χ0v) is 17.9. The van der Waals surface area contributed by atoms with Crippen LogP contribution < -0.4 is 11.1 Å². The lowest BCUT2D eigenvalue weighted by Gasteiger charge is -2.17. The summed E-state index contributed by atoms with van der Waals surface area (Å²) in [6.45, 7) is 5.53. The Morgan fingerprint density at radius 1 is 0.968 bits per heavy atom. The zero-order chi connectivity index (χ0) is 22.9. The van der Waals surface area contributed by atoms with Crippen molar-refractivity contribution in [3.05, 3.63) is 71.3 Å². The number of esters is 1. The van der Waals surface area contributed by atoms with Crippen molar-refractivity contribution in [2.45, 2.75) is 39.4 Å². The fraction of sp³-hybridized carbons (Fsp3) is 0.304. The predicted octanol–water partition coefficient (Wildman–Crippen LogP) is 3.19. The van der Waals surface area contributed by atoms with Gasteiger partial charge in [-0.2, -0.15) is 4.99 Å². The van der Waals surface area contributed by atoms with E-state index in [4.69, 9.17) is 15.2 Å². The number of amides is 2. The summed E-state index contributed by atoms with van der Waals surface area (Å²) in [6.07, 6.45) is -0.724. The molecule has 0 spiro atoms. The molecule has 0 aliphatic carbocycles. The molecule has 0 saturated carbocycles. The molecule has 8 heteroatoms. The third kappa shape index (κ3) is 8.69. The maximum absolute atomic E-state index is 12.2. The number of carbonyl (C=O) groups is 3. The number of hydrogen-bond acceptors (Lipinski definition) is 5. The number of nitrogens with two attached hydrogens (primary N) is 1. The van der Waals surface area contributed by atoms with Crippen LogP contribution in [0.15, 0.2) is 59.6 Å². The molecule has 0 heterocycles. The number of aliphatic imine (C=N–C) groups is 1. The maximum Gasteiger partial charge on any atom is 0.436 e. The molecule has 0 atom stereocenters. The second kappa shape index (κ2) is 10.9. The Morgan fingerprint density at radius 2 is 1.58 bits per heavy atom. The summed E-state index contributed by atoms with van der Waals surface area (Å²) in [6, 6.07) is 15.6. The molecule has 0 fully saturated rings. The van der Waals surface area contributed by atoms with E-state index in [0.717, 1.165) is 5.56 Å². The van der Waals surface area contributed by atoms with Gasteiger partial charge in [0.1, 0.15) is 18.0 Å². The van der Waals surface area contributed by atoms with Crippen molar-refractivity contribution in [2.24, 2.45) is 10.7 Å². The average molecular weight is 425 g/mol. The van der Waals surface area contributed by atoms with Gasteiger partial charge in [-0.3, -0.25) is 9.59 Å². The molecule has 0 aromatic heterocycles. The summed E-state index contributed by atoms with van der Waals surface area (Å²) in [7, 11) is 0. The third-order valence-electron chi connectivity index (χ3n) is 3.91. The molecule has 3 N–H and O–H groups in total. The minimum Gasteiger partial charge on any atom is -0.461 e. The van der Waals surface area contributed by atoms with Crippen LogP contribution in [0, 0.1) is 0 Å². The number of nitrogens with one attached hydrogen (secondary N) is 1. The Labute approximate surface area is 181 Å². The Kier molecular flexibility index (Phi) is 8.31. The predicted molar refractivity (Wildman–Crippen MR) is 117 cm³/mol. The van der Waals surface area contributed by atoms with E-state index in [1.165, 1.54) is 0 Å². The van der Waals surface area contributed by atoms with E-state index in [2.05, 4.69) is 10.3 Å². The summed E-state index contributed by atoms with van der Waals surface area (Å²) in [5.41, 5.74) is 6.91. The fourth-order valence-corrected chi connectivity index (χ4v) is 2.43. The van der Waals surface area contributed by atoms with Gasteiger partial charge >= 0.3 is 12.1 Å². The second-order valence-corrected chi connectivity index (χ2v) is 7.71. The molecule has 2 aromatic rings. The molecule has 0 radical (unpaired) electrons. The van der Waals surface area contributed by atoms with Gasteiger partial charge in [-0.1, -0.05) is 42.5 Å². The standard InChI is InChI=1S/C23H27N3O5/c1-23(2,3)31-22(29)26-20(24)17-9-11-18(12-10-17)21(28)25-14-13-19(27)30-15-16-7-5-4-6-8-16/h4-12H,13-15H2,1-3H3,(H,25,28)(H2,24,26,29).